The Hall–Kier alpha value is -2.40. The van der Waals surface area contributed by atoms with Crippen LogP contribution in [0.15, 0.2) is 24.3 Å². The van der Waals surface area contributed by atoms with Crippen molar-refractivity contribution in [3.8, 4) is 0 Å². The van der Waals surface area contributed by atoms with Crippen molar-refractivity contribution in [2.45, 2.75) is 59.4 Å². The summed E-state index contributed by atoms with van der Waals surface area (Å²) in [5, 5.41) is 0. The van der Waals surface area contributed by atoms with E-state index in [1.54, 1.807) is 0 Å². The van der Waals surface area contributed by atoms with Gasteiger partial charge in [0.25, 0.3) is 5.91 Å². The van der Waals surface area contributed by atoms with Gasteiger partial charge in [-0.05, 0) is 69.9 Å². The van der Waals surface area contributed by atoms with Gasteiger partial charge >= 0.3 is 0 Å². The summed E-state index contributed by atoms with van der Waals surface area (Å²) in [6, 6.07) is 8.55. The molecule has 0 atom stereocenters. The van der Waals surface area contributed by atoms with Crippen LogP contribution in [0.5, 0.6) is 0 Å². The third-order valence-electron chi connectivity index (χ3n) is 7.26. The first-order valence-corrected chi connectivity index (χ1v) is 11.7. The van der Waals surface area contributed by atoms with Crippen molar-refractivity contribution in [1.29, 1.82) is 0 Å². The molecule has 4 rings (SSSR count). The number of benzene rings is 1. The number of aryl methyl sites for hydroxylation is 3. The molecule has 2 heterocycles. The zero-order chi connectivity index (χ0) is 22.1. The van der Waals surface area contributed by atoms with Gasteiger partial charge in [-0.2, -0.15) is 0 Å². The highest BCUT2D eigenvalue weighted by Crippen LogP contribution is 2.33. The van der Waals surface area contributed by atoms with Crippen molar-refractivity contribution in [3.05, 3.63) is 57.9 Å². The molecule has 1 saturated carbocycles. The number of nitrogens with zero attached hydrogens (tertiary/aromatic N) is 3. The minimum Gasteiger partial charge on any atom is -0.345 e. The lowest BCUT2D eigenvalue weighted by Crippen LogP contribution is -2.49. The average Bonchev–Trinajstić information content (AvgIpc) is 3.37. The van der Waals surface area contributed by atoms with Crippen LogP contribution in [0.25, 0.3) is 0 Å². The van der Waals surface area contributed by atoms with Gasteiger partial charge in [-0.3, -0.25) is 14.5 Å². The Morgan fingerprint density at radius 1 is 0.903 bits per heavy atom. The number of hydrogen-bond donors (Lipinski definition) is 0. The first-order chi connectivity index (χ1) is 14.8. The molecule has 2 aromatic rings. The quantitative estimate of drug-likeness (QED) is 0.669. The molecule has 1 aromatic heterocycles. The van der Waals surface area contributed by atoms with Gasteiger partial charge in [0.15, 0.2) is 5.78 Å². The van der Waals surface area contributed by atoms with Crippen molar-refractivity contribution in [2.75, 3.05) is 32.7 Å². The summed E-state index contributed by atoms with van der Waals surface area (Å²) >= 11 is 0. The highest BCUT2D eigenvalue weighted by Gasteiger charge is 2.27. The summed E-state index contributed by atoms with van der Waals surface area (Å²) in [5.41, 5.74) is 6.30. The van der Waals surface area contributed by atoms with Crippen LogP contribution in [0.4, 0.5) is 0 Å². The first kappa shape index (κ1) is 21.8. The maximum Gasteiger partial charge on any atom is 0.253 e. The summed E-state index contributed by atoms with van der Waals surface area (Å²) in [5.74, 6) is 0.292. The number of hydrogen-bond acceptors (Lipinski definition) is 3. The highest BCUT2D eigenvalue weighted by atomic mass is 16.2. The fourth-order valence-corrected chi connectivity index (χ4v) is 5.24. The molecule has 1 aliphatic heterocycles. The van der Waals surface area contributed by atoms with Gasteiger partial charge in [-0.25, -0.2) is 0 Å². The van der Waals surface area contributed by atoms with Crippen molar-refractivity contribution >= 4 is 11.7 Å². The van der Waals surface area contributed by atoms with Crippen LogP contribution in [0, 0.1) is 27.7 Å². The van der Waals surface area contributed by atoms with E-state index in [1.165, 1.54) is 36.9 Å². The summed E-state index contributed by atoms with van der Waals surface area (Å²) in [4.78, 5) is 30.0. The van der Waals surface area contributed by atoms with Gasteiger partial charge in [0.05, 0.1) is 6.54 Å². The molecule has 2 fully saturated rings. The normalized spacial score (nSPS) is 18.0. The molecular formula is C26H35N3O2. The monoisotopic (exact) mass is 421 g/mol. The average molecular weight is 422 g/mol. The number of carbonyl (C=O) groups is 2. The van der Waals surface area contributed by atoms with E-state index in [-0.39, 0.29) is 11.7 Å². The smallest absolute Gasteiger partial charge is 0.253 e. The van der Waals surface area contributed by atoms with E-state index >= 15 is 0 Å². The lowest BCUT2D eigenvalue weighted by atomic mass is 10.1. The maximum absolute atomic E-state index is 13.1. The fourth-order valence-electron chi connectivity index (χ4n) is 5.24. The minimum atomic E-state index is 0.0918. The number of Topliss-reactive ketones (excluding diaryl/α,β-unsaturated/α-hetero) is 1. The molecular weight excluding hydrogens is 386 g/mol. The third kappa shape index (κ3) is 4.47. The zero-order valence-corrected chi connectivity index (χ0v) is 19.4. The van der Waals surface area contributed by atoms with E-state index in [1.807, 2.05) is 30.0 Å². The highest BCUT2D eigenvalue weighted by molar-refractivity contribution is 5.99. The Labute approximate surface area is 186 Å². The van der Waals surface area contributed by atoms with Gasteiger partial charge in [0.1, 0.15) is 0 Å². The number of amides is 1. The van der Waals surface area contributed by atoms with E-state index in [0.717, 1.165) is 35.5 Å². The summed E-state index contributed by atoms with van der Waals surface area (Å²) in [6.45, 7) is 11.6. The van der Waals surface area contributed by atoms with Crippen molar-refractivity contribution in [2.24, 2.45) is 0 Å². The van der Waals surface area contributed by atoms with Crippen LogP contribution < -0.4 is 0 Å². The standard InChI is InChI=1S/C26H35N3O2/c1-18-9-10-22(15-19(18)2)26(31)28-13-11-27(12-14-28)17-25(30)24-16-20(3)29(21(24)4)23-7-5-6-8-23/h9-10,15-16,23H,5-8,11-14,17H2,1-4H3. The first-order valence-electron chi connectivity index (χ1n) is 11.7. The SMILES string of the molecule is Cc1ccc(C(=O)N2CCN(CC(=O)c3cc(C)n(C4CCCC4)c3C)CC2)cc1C. The molecule has 31 heavy (non-hydrogen) atoms. The lowest BCUT2D eigenvalue weighted by Gasteiger charge is -2.34. The Bertz CT molecular complexity index is 977. The van der Waals surface area contributed by atoms with Crippen molar-refractivity contribution in [3.63, 3.8) is 0 Å². The van der Waals surface area contributed by atoms with E-state index in [4.69, 9.17) is 0 Å². The molecule has 0 unspecified atom stereocenters. The summed E-state index contributed by atoms with van der Waals surface area (Å²) in [6.07, 6.45) is 5.02. The van der Waals surface area contributed by atoms with Crippen LogP contribution in [0.2, 0.25) is 0 Å². The molecule has 0 radical (unpaired) electrons. The molecule has 0 spiro atoms. The van der Waals surface area contributed by atoms with Gasteiger partial charge in [0.2, 0.25) is 0 Å². The van der Waals surface area contributed by atoms with Crippen molar-refractivity contribution in [1.82, 2.24) is 14.4 Å². The Morgan fingerprint density at radius 3 is 2.23 bits per heavy atom. The fraction of sp³-hybridized carbons (Fsp3) is 0.538. The Kier molecular flexibility index (Phi) is 6.33. The van der Waals surface area contributed by atoms with Crippen molar-refractivity contribution < 1.29 is 9.59 Å². The molecule has 0 N–H and O–H groups in total. The van der Waals surface area contributed by atoms with Crippen LogP contribution in [0.3, 0.4) is 0 Å². The number of aromatic nitrogens is 1. The van der Waals surface area contributed by atoms with Gasteiger partial charge < -0.3 is 9.47 Å². The second-order valence-electron chi connectivity index (χ2n) is 9.38. The number of carbonyl (C=O) groups excluding carboxylic acids is 2. The van der Waals surface area contributed by atoms with Gasteiger partial charge in [-0.1, -0.05) is 18.9 Å². The molecule has 1 aliphatic carbocycles. The zero-order valence-electron chi connectivity index (χ0n) is 19.4. The lowest BCUT2D eigenvalue weighted by molar-refractivity contribution is 0.0624. The largest absolute Gasteiger partial charge is 0.345 e. The van der Waals surface area contributed by atoms with Gasteiger partial charge in [0, 0.05) is 54.7 Å². The van der Waals surface area contributed by atoms with E-state index in [9.17, 15) is 9.59 Å². The number of rotatable bonds is 5. The second kappa shape index (κ2) is 8.99. The second-order valence-corrected chi connectivity index (χ2v) is 9.38. The maximum atomic E-state index is 13.1. The molecule has 5 nitrogen and oxygen atoms in total. The molecule has 5 heteroatoms. The van der Waals surface area contributed by atoms with E-state index in [0.29, 0.717) is 25.7 Å². The summed E-state index contributed by atoms with van der Waals surface area (Å²) < 4.78 is 2.39. The van der Waals surface area contributed by atoms with Crippen LogP contribution in [-0.2, 0) is 0 Å². The number of piperazine rings is 1. The Balaban J connectivity index is 1.36. The van der Waals surface area contributed by atoms with E-state index < -0.39 is 0 Å². The molecule has 166 valence electrons. The Morgan fingerprint density at radius 2 is 1.58 bits per heavy atom. The van der Waals surface area contributed by atoms with Crippen LogP contribution >= 0.6 is 0 Å². The molecule has 1 amide bonds. The molecule has 0 bridgehead atoms. The summed E-state index contributed by atoms with van der Waals surface area (Å²) in [7, 11) is 0. The molecule has 1 saturated heterocycles. The number of ketones is 1. The van der Waals surface area contributed by atoms with E-state index in [2.05, 4.69) is 36.3 Å². The predicted molar refractivity (Wildman–Crippen MR) is 124 cm³/mol. The molecule has 2 aliphatic rings. The molecule has 1 aromatic carbocycles. The predicted octanol–water partition coefficient (Wildman–Crippen LogP) is 4.48. The van der Waals surface area contributed by atoms with Crippen LogP contribution in [0.1, 0.15) is 75.0 Å². The van der Waals surface area contributed by atoms with Gasteiger partial charge in [-0.15, -0.1) is 0 Å². The van der Waals surface area contributed by atoms with Crippen LogP contribution in [-0.4, -0.2) is 58.8 Å². The topological polar surface area (TPSA) is 45.6 Å². The third-order valence-corrected chi connectivity index (χ3v) is 7.26. The minimum absolute atomic E-state index is 0.0918.